The van der Waals surface area contributed by atoms with Crippen LogP contribution >= 0.6 is 11.3 Å². The van der Waals surface area contributed by atoms with Gasteiger partial charge in [0.2, 0.25) is 0 Å². The number of hydrogen-bond donors (Lipinski definition) is 0. The zero-order chi connectivity index (χ0) is 15.6. The summed E-state index contributed by atoms with van der Waals surface area (Å²) in [7, 11) is 0. The van der Waals surface area contributed by atoms with Gasteiger partial charge in [-0.05, 0) is 25.1 Å². The normalized spacial score (nSPS) is 18.7. The van der Waals surface area contributed by atoms with E-state index < -0.39 is 0 Å². The average Bonchev–Trinajstić information content (AvgIpc) is 3.23. The molecule has 0 saturated carbocycles. The minimum absolute atomic E-state index is 0.534. The van der Waals surface area contributed by atoms with Crippen molar-refractivity contribution in [1.29, 1.82) is 0 Å². The predicted molar refractivity (Wildman–Crippen MR) is 91.1 cm³/mol. The molecule has 0 amide bonds. The summed E-state index contributed by atoms with van der Waals surface area (Å²) in [6.45, 7) is 7.12. The third-order valence-electron chi connectivity index (χ3n) is 4.32. The van der Waals surface area contributed by atoms with Crippen LogP contribution in [0.2, 0.25) is 0 Å². The van der Waals surface area contributed by atoms with E-state index in [4.69, 9.17) is 0 Å². The number of hydrogen-bond acceptors (Lipinski definition) is 4. The van der Waals surface area contributed by atoms with E-state index in [0.29, 0.717) is 5.92 Å². The van der Waals surface area contributed by atoms with Gasteiger partial charge in [-0.15, -0.1) is 11.3 Å². The summed E-state index contributed by atoms with van der Waals surface area (Å²) < 4.78 is 4.34. The van der Waals surface area contributed by atoms with Crippen LogP contribution in [0.5, 0.6) is 0 Å². The van der Waals surface area contributed by atoms with Gasteiger partial charge in [0.25, 0.3) is 0 Å². The van der Waals surface area contributed by atoms with Crippen molar-refractivity contribution in [2.24, 2.45) is 5.92 Å². The molecule has 4 rings (SSSR count). The largest absolute Gasteiger partial charge is 0.333 e. The van der Waals surface area contributed by atoms with Gasteiger partial charge in [-0.2, -0.15) is 5.10 Å². The molecule has 0 fully saturated rings. The van der Waals surface area contributed by atoms with E-state index in [1.165, 1.54) is 15.6 Å². The van der Waals surface area contributed by atoms with Crippen LogP contribution in [0.15, 0.2) is 43.0 Å². The quantitative estimate of drug-likeness (QED) is 0.740. The van der Waals surface area contributed by atoms with Gasteiger partial charge < -0.3 is 4.57 Å². The lowest BCUT2D eigenvalue weighted by atomic mass is 10.1. The highest BCUT2D eigenvalue weighted by Crippen LogP contribution is 2.22. The van der Waals surface area contributed by atoms with Gasteiger partial charge in [0.05, 0.1) is 6.54 Å². The summed E-state index contributed by atoms with van der Waals surface area (Å²) >= 11 is 1.89. The van der Waals surface area contributed by atoms with Crippen LogP contribution < -0.4 is 0 Å². The second-order valence-corrected chi connectivity index (χ2v) is 7.64. The van der Waals surface area contributed by atoms with Crippen molar-refractivity contribution in [2.75, 3.05) is 6.54 Å². The Kier molecular flexibility index (Phi) is 4.01. The first kappa shape index (κ1) is 14.7. The lowest BCUT2D eigenvalue weighted by Gasteiger charge is -2.23. The van der Waals surface area contributed by atoms with Gasteiger partial charge in [0.15, 0.2) is 0 Å². The van der Waals surface area contributed by atoms with Gasteiger partial charge in [0.1, 0.15) is 5.82 Å². The summed E-state index contributed by atoms with van der Waals surface area (Å²) in [4.78, 5) is 9.88. The standard InChI is InChI=1S/C17H21N5S/c1-14-3-4-16(23-14)12-20-9-15(11-22-7-2-5-19-22)10-21-8-6-18-17(21)13-20/h2-8,15H,9-13H2,1H3/t15-/m0/s1. The molecule has 0 aromatic carbocycles. The number of fused-ring (bicyclic) bond motifs is 1. The van der Waals surface area contributed by atoms with Crippen molar-refractivity contribution < 1.29 is 0 Å². The van der Waals surface area contributed by atoms with E-state index in [-0.39, 0.29) is 0 Å². The van der Waals surface area contributed by atoms with Gasteiger partial charge in [-0.25, -0.2) is 4.98 Å². The molecule has 3 aromatic heterocycles. The van der Waals surface area contributed by atoms with Crippen molar-refractivity contribution in [3.05, 3.63) is 58.6 Å². The van der Waals surface area contributed by atoms with Crippen LogP contribution in [0.25, 0.3) is 0 Å². The summed E-state index contributed by atoms with van der Waals surface area (Å²) in [5.74, 6) is 1.70. The van der Waals surface area contributed by atoms with Gasteiger partial charge in [-0.1, -0.05) is 0 Å². The van der Waals surface area contributed by atoms with Crippen molar-refractivity contribution in [3.63, 3.8) is 0 Å². The molecule has 23 heavy (non-hydrogen) atoms. The van der Waals surface area contributed by atoms with E-state index in [0.717, 1.165) is 32.7 Å². The van der Waals surface area contributed by atoms with Crippen molar-refractivity contribution >= 4 is 11.3 Å². The maximum absolute atomic E-state index is 4.55. The molecule has 0 aliphatic carbocycles. The molecule has 4 heterocycles. The van der Waals surface area contributed by atoms with Gasteiger partial charge in [-0.3, -0.25) is 9.58 Å². The fourth-order valence-corrected chi connectivity index (χ4v) is 4.26. The first-order valence-corrected chi connectivity index (χ1v) is 8.83. The average molecular weight is 327 g/mol. The van der Waals surface area contributed by atoms with E-state index in [1.54, 1.807) is 0 Å². The minimum Gasteiger partial charge on any atom is -0.333 e. The smallest absolute Gasteiger partial charge is 0.122 e. The molecule has 1 aliphatic rings. The van der Waals surface area contributed by atoms with Gasteiger partial charge in [0, 0.05) is 66.6 Å². The van der Waals surface area contributed by atoms with Crippen molar-refractivity contribution in [3.8, 4) is 0 Å². The zero-order valence-corrected chi connectivity index (χ0v) is 14.1. The highest BCUT2D eigenvalue weighted by molar-refractivity contribution is 7.11. The molecule has 1 aliphatic heterocycles. The van der Waals surface area contributed by atoms with E-state index >= 15 is 0 Å². The molecular weight excluding hydrogens is 306 g/mol. The maximum Gasteiger partial charge on any atom is 0.122 e. The topological polar surface area (TPSA) is 38.9 Å². The number of rotatable bonds is 4. The summed E-state index contributed by atoms with van der Waals surface area (Å²) in [6, 6.07) is 6.45. The molecule has 0 radical (unpaired) electrons. The fraction of sp³-hybridized carbons (Fsp3) is 0.412. The van der Waals surface area contributed by atoms with Crippen LogP contribution in [-0.2, 0) is 26.2 Å². The molecule has 0 unspecified atom stereocenters. The molecule has 3 aromatic rings. The molecule has 120 valence electrons. The first-order chi connectivity index (χ1) is 11.3. The lowest BCUT2D eigenvalue weighted by molar-refractivity contribution is 0.207. The SMILES string of the molecule is Cc1ccc(CN2Cc3nccn3C[C@@H](Cn3cccn3)C2)s1. The molecule has 0 N–H and O–H groups in total. The Morgan fingerprint density at radius 2 is 2.17 bits per heavy atom. The zero-order valence-electron chi connectivity index (χ0n) is 13.3. The third-order valence-corrected chi connectivity index (χ3v) is 5.30. The molecule has 1 atom stereocenters. The van der Waals surface area contributed by atoms with Crippen LogP contribution in [0.4, 0.5) is 0 Å². The number of aryl methyl sites for hydroxylation is 1. The van der Waals surface area contributed by atoms with E-state index in [2.05, 4.69) is 44.8 Å². The number of aromatic nitrogens is 4. The van der Waals surface area contributed by atoms with Gasteiger partial charge >= 0.3 is 0 Å². The summed E-state index contributed by atoms with van der Waals surface area (Å²) in [5.41, 5.74) is 0. The minimum atomic E-state index is 0.534. The summed E-state index contributed by atoms with van der Waals surface area (Å²) in [6.07, 6.45) is 7.92. The number of imidazole rings is 1. The number of nitrogens with zero attached hydrogens (tertiary/aromatic N) is 5. The number of thiophene rings is 1. The lowest BCUT2D eigenvalue weighted by Crippen LogP contribution is -2.29. The molecular formula is C17H21N5S. The van der Waals surface area contributed by atoms with Crippen LogP contribution in [-0.4, -0.2) is 30.8 Å². The van der Waals surface area contributed by atoms with Crippen LogP contribution in [0, 0.1) is 12.8 Å². The summed E-state index contributed by atoms with van der Waals surface area (Å²) in [5, 5.41) is 4.37. The Morgan fingerprint density at radius 3 is 2.96 bits per heavy atom. The Bertz CT molecular complexity index is 758. The second kappa shape index (κ2) is 6.29. The Hall–Kier alpha value is -1.92. The fourth-order valence-electron chi connectivity index (χ4n) is 3.32. The highest BCUT2D eigenvalue weighted by atomic mass is 32.1. The molecule has 0 spiro atoms. The molecule has 0 saturated heterocycles. The van der Waals surface area contributed by atoms with Crippen LogP contribution in [0.3, 0.4) is 0 Å². The monoisotopic (exact) mass is 327 g/mol. The Balaban J connectivity index is 1.54. The van der Waals surface area contributed by atoms with Crippen molar-refractivity contribution in [1.82, 2.24) is 24.2 Å². The molecule has 6 heteroatoms. The first-order valence-electron chi connectivity index (χ1n) is 8.01. The second-order valence-electron chi connectivity index (χ2n) is 6.27. The third kappa shape index (κ3) is 3.38. The predicted octanol–water partition coefficient (Wildman–Crippen LogP) is 2.78. The maximum atomic E-state index is 4.55. The highest BCUT2D eigenvalue weighted by Gasteiger charge is 2.23. The Morgan fingerprint density at radius 1 is 1.22 bits per heavy atom. The van der Waals surface area contributed by atoms with Crippen LogP contribution in [0.1, 0.15) is 15.6 Å². The molecule has 0 bridgehead atoms. The van der Waals surface area contributed by atoms with E-state index in [1.807, 2.05) is 40.7 Å². The van der Waals surface area contributed by atoms with E-state index in [9.17, 15) is 0 Å². The van der Waals surface area contributed by atoms with Crippen molar-refractivity contribution in [2.45, 2.75) is 33.1 Å². The molecule has 5 nitrogen and oxygen atoms in total. The Labute approximate surface area is 140 Å².